The van der Waals surface area contributed by atoms with E-state index in [0.717, 1.165) is 16.9 Å². The minimum atomic E-state index is -0.542. The summed E-state index contributed by atoms with van der Waals surface area (Å²) < 4.78 is 7.14. The van der Waals surface area contributed by atoms with E-state index in [4.69, 9.17) is 4.74 Å². The van der Waals surface area contributed by atoms with Gasteiger partial charge in [0.15, 0.2) is 6.10 Å². The number of carbonyl (C=O) groups is 1. The van der Waals surface area contributed by atoms with E-state index in [2.05, 4.69) is 4.98 Å². The van der Waals surface area contributed by atoms with Gasteiger partial charge in [0.2, 0.25) is 0 Å². The summed E-state index contributed by atoms with van der Waals surface area (Å²) in [5, 5.41) is 0. The molecule has 1 heterocycles. The molecule has 1 atom stereocenters. The molecule has 94 valence electrons. The van der Waals surface area contributed by atoms with Crippen molar-refractivity contribution in [2.75, 3.05) is 0 Å². The third kappa shape index (κ3) is 2.59. The third-order valence-corrected chi connectivity index (χ3v) is 2.75. The largest absolute Gasteiger partial charge is 0.481 e. The quantitative estimate of drug-likeness (QED) is 0.833. The molecule has 1 unspecified atom stereocenters. The average molecular weight is 244 g/mol. The Morgan fingerprint density at radius 2 is 2.17 bits per heavy atom. The van der Waals surface area contributed by atoms with Crippen molar-refractivity contribution >= 4 is 5.91 Å². The number of hydrogen-bond acceptors (Lipinski definition) is 3. The maximum atomic E-state index is 12.0. The van der Waals surface area contributed by atoms with Gasteiger partial charge in [0.05, 0.1) is 0 Å². The highest BCUT2D eigenvalue weighted by Crippen LogP contribution is 2.20. The van der Waals surface area contributed by atoms with Crippen molar-refractivity contribution in [1.82, 2.24) is 9.55 Å². The Hall–Kier alpha value is -2.10. The zero-order valence-electron chi connectivity index (χ0n) is 10.8. The molecular weight excluding hydrogens is 228 g/mol. The Balaban J connectivity index is 2.14. The van der Waals surface area contributed by atoms with Gasteiger partial charge in [-0.25, -0.2) is 4.98 Å². The van der Waals surface area contributed by atoms with Gasteiger partial charge in [-0.2, -0.15) is 0 Å². The Bertz CT molecular complexity index is 547. The first-order valence-corrected chi connectivity index (χ1v) is 5.84. The van der Waals surface area contributed by atoms with Crippen LogP contribution in [0.25, 0.3) is 0 Å². The summed E-state index contributed by atoms with van der Waals surface area (Å²) >= 11 is 0. The highest BCUT2D eigenvalue weighted by atomic mass is 16.5. The smallest absolute Gasteiger partial charge is 0.272 e. The maximum Gasteiger partial charge on any atom is 0.272 e. The number of benzene rings is 1. The highest BCUT2D eigenvalue weighted by Gasteiger charge is 2.17. The summed E-state index contributed by atoms with van der Waals surface area (Å²) in [4.78, 5) is 15.9. The fourth-order valence-corrected chi connectivity index (χ4v) is 1.67. The summed E-state index contributed by atoms with van der Waals surface area (Å²) in [5.41, 5.74) is 2.13. The van der Waals surface area contributed by atoms with Crippen LogP contribution in [0.1, 0.15) is 22.8 Å². The summed E-state index contributed by atoms with van der Waals surface area (Å²) in [6.45, 7) is 5.70. The maximum absolute atomic E-state index is 12.0. The second kappa shape index (κ2) is 5.04. The lowest BCUT2D eigenvalue weighted by Gasteiger charge is -2.16. The molecule has 1 aromatic heterocycles. The predicted octanol–water partition coefficient (Wildman–Crippen LogP) is 2.61. The standard InChI is InChI=1S/C14H16N2O2/c1-10-4-5-11(2)13(8-10)18-12(3)14(17)16-7-6-15-9-16/h4-9,12H,1-3H3. The van der Waals surface area contributed by atoms with Crippen LogP contribution in [0.4, 0.5) is 0 Å². The first kappa shape index (κ1) is 12.4. The molecule has 0 aliphatic carbocycles. The van der Waals surface area contributed by atoms with Crippen molar-refractivity contribution in [2.24, 2.45) is 0 Å². The van der Waals surface area contributed by atoms with E-state index in [9.17, 15) is 4.79 Å². The van der Waals surface area contributed by atoms with Crippen LogP contribution in [0, 0.1) is 13.8 Å². The molecule has 18 heavy (non-hydrogen) atoms. The molecule has 0 N–H and O–H groups in total. The lowest BCUT2D eigenvalue weighted by atomic mass is 10.1. The number of carbonyl (C=O) groups excluding carboxylic acids is 1. The summed E-state index contributed by atoms with van der Waals surface area (Å²) in [7, 11) is 0. The highest BCUT2D eigenvalue weighted by molar-refractivity contribution is 5.83. The molecular formula is C14H16N2O2. The van der Waals surface area contributed by atoms with Gasteiger partial charge in [-0.3, -0.25) is 9.36 Å². The third-order valence-electron chi connectivity index (χ3n) is 2.75. The lowest BCUT2D eigenvalue weighted by Crippen LogP contribution is -2.28. The van der Waals surface area contributed by atoms with Crippen LogP contribution < -0.4 is 4.74 Å². The van der Waals surface area contributed by atoms with Crippen molar-refractivity contribution < 1.29 is 9.53 Å². The molecule has 4 nitrogen and oxygen atoms in total. The van der Waals surface area contributed by atoms with E-state index >= 15 is 0 Å². The molecule has 0 fully saturated rings. The molecule has 0 saturated heterocycles. The van der Waals surface area contributed by atoms with E-state index < -0.39 is 6.10 Å². The van der Waals surface area contributed by atoms with Crippen LogP contribution >= 0.6 is 0 Å². The normalized spacial score (nSPS) is 12.2. The first-order valence-electron chi connectivity index (χ1n) is 5.84. The van der Waals surface area contributed by atoms with Crippen LogP contribution in [0.2, 0.25) is 0 Å². The fourth-order valence-electron chi connectivity index (χ4n) is 1.67. The van der Waals surface area contributed by atoms with Gasteiger partial charge in [0.1, 0.15) is 12.1 Å². The number of nitrogens with zero attached hydrogens (tertiary/aromatic N) is 2. The Labute approximate surface area is 106 Å². The van der Waals surface area contributed by atoms with Crippen LogP contribution in [0.3, 0.4) is 0 Å². The van der Waals surface area contributed by atoms with Gasteiger partial charge in [0.25, 0.3) is 5.91 Å². The van der Waals surface area contributed by atoms with E-state index in [1.807, 2.05) is 32.0 Å². The van der Waals surface area contributed by atoms with E-state index in [1.54, 1.807) is 19.3 Å². The number of aromatic nitrogens is 2. The van der Waals surface area contributed by atoms with Crippen molar-refractivity contribution in [1.29, 1.82) is 0 Å². The monoisotopic (exact) mass is 244 g/mol. The van der Waals surface area contributed by atoms with Crippen LogP contribution in [0.5, 0.6) is 5.75 Å². The van der Waals surface area contributed by atoms with Gasteiger partial charge >= 0.3 is 0 Å². The summed E-state index contributed by atoms with van der Waals surface area (Å²) in [5.74, 6) is 0.615. The van der Waals surface area contributed by atoms with Crippen LogP contribution in [-0.2, 0) is 0 Å². The lowest BCUT2D eigenvalue weighted by molar-refractivity contribution is 0.0726. The van der Waals surface area contributed by atoms with Crippen molar-refractivity contribution in [2.45, 2.75) is 26.9 Å². The van der Waals surface area contributed by atoms with Gasteiger partial charge in [-0.1, -0.05) is 12.1 Å². The molecule has 0 bridgehead atoms. The Morgan fingerprint density at radius 1 is 1.39 bits per heavy atom. The molecule has 4 heteroatoms. The van der Waals surface area contributed by atoms with E-state index in [-0.39, 0.29) is 5.91 Å². The molecule has 0 amide bonds. The van der Waals surface area contributed by atoms with E-state index in [1.165, 1.54) is 10.9 Å². The molecule has 1 aromatic carbocycles. The second-order valence-corrected chi connectivity index (χ2v) is 4.34. The van der Waals surface area contributed by atoms with Gasteiger partial charge < -0.3 is 4.74 Å². The number of hydrogen-bond donors (Lipinski definition) is 0. The predicted molar refractivity (Wildman–Crippen MR) is 68.9 cm³/mol. The van der Waals surface area contributed by atoms with Gasteiger partial charge in [-0.05, 0) is 38.0 Å². The number of ether oxygens (including phenoxy) is 1. The number of imidazole rings is 1. The molecule has 2 aromatic rings. The van der Waals surface area contributed by atoms with Crippen LogP contribution in [-0.4, -0.2) is 21.6 Å². The van der Waals surface area contributed by atoms with Gasteiger partial charge in [-0.15, -0.1) is 0 Å². The number of aryl methyl sites for hydroxylation is 2. The summed E-state index contributed by atoms with van der Waals surface area (Å²) in [6.07, 6.45) is 4.12. The molecule has 0 saturated carbocycles. The summed E-state index contributed by atoms with van der Waals surface area (Å²) in [6, 6.07) is 5.94. The zero-order chi connectivity index (χ0) is 13.1. The minimum Gasteiger partial charge on any atom is -0.481 e. The minimum absolute atomic E-state index is 0.131. The zero-order valence-corrected chi connectivity index (χ0v) is 10.8. The molecule has 2 rings (SSSR count). The second-order valence-electron chi connectivity index (χ2n) is 4.34. The molecule has 0 spiro atoms. The SMILES string of the molecule is Cc1ccc(C)c(OC(C)C(=O)n2ccnc2)c1. The topological polar surface area (TPSA) is 44.1 Å². The molecule has 0 radical (unpaired) electrons. The molecule has 0 aliphatic heterocycles. The van der Waals surface area contributed by atoms with Crippen molar-refractivity contribution in [3.63, 3.8) is 0 Å². The average Bonchev–Trinajstić information content (AvgIpc) is 2.86. The Kier molecular flexibility index (Phi) is 3.46. The first-order chi connectivity index (χ1) is 8.58. The molecule has 0 aliphatic rings. The number of rotatable bonds is 3. The fraction of sp³-hybridized carbons (Fsp3) is 0.286. The van der Waals surface area contributed by atoms with Crippen LogP contribution in [0.15, 0.2) is 36.9 Å². The van der Waals surface area contributed by atoms with Gasteiger partial charge in [0, 0.05) is 12.4 Å². The van der Waals surface area contributed by atoms with Crippen molar-refractivity contribution in [3.05, 3.63) is 48.0 Å². The Morgan fingerprint density at radius 3 is 2.83 bits per heavy atom. The van der Waals surface area contributed by atoms with E-state index in [0.29, 0.717) is 0 Å². The van der Waals surface area contributed by atoms with Crippen molar-refractivity contribution in [3.8, 4) is 5.75 Å².